The van der Waals surface area contributed by atoms with Crippen LogP contribution in [-0.2, 0) is 6.18 Å². The Balaban J connectivity index is 3.18. The molecule has 0 aliphatic carbocycles. The van der Waals surface area contributed by atoms with Crippen molar-refractivity contribution in [2.75, 3.05) is 24.7 Å². The maximum absolute atomic E-state index is 12.3. The SMILES string of the molecule is CNc1ncc(C(F)(F)F)c(NC)n1. The zero-order valence-corrected chi connectivity index (χ0v) is 7.61. The van der Waals surface area contributed by atoms with Crippen molar-refractivity contribution in [3.05, 3.63) is 11.8 Å². The maximum atomic E-state index is 12.3. The molecule has 0 aliphatic rings. The average Bonchev–Trinajstić information content (AvgIpc) is 2.15. The second-order valence-electron chi connectivity index (χ2n) is 2.45. The van der Waals surface area contributed by atoms with E-state index in [9.17, 15) is 13.2 Å². The highest BCUT2D eigenvalue weighted by molar-refractivity contribution is 5.47. The predicted octanol–water partition coefficient (Wildman–Crippen LogP) is 1.58. The molecule has 0 saturated carbocycles. The van der Waals surface area contributed by atoms with Crippen molar-refractivity contribution in [2.45, 2.75) is 6.18 Å². The van der Waals surface area contributed by atoms with Crippen molar-refractivity contribution < 1.29 is 13.2 Å². The monoisotopic (exact) mass is 206 g/mol. The van der Waals surface area contributed by atoms with E-state index in [1.165, 1.54) is 14.1 Å². The summed E-state index contributed by atoms with van der Waals surface area (Å²) in [5, 5.41) is 4.92. The summed E-state index contributed by atoms with van der Waals surface area (Å²) in [6.07, 6.45) is -3.70. The molecule has 0 saturated heterocycles. The molecule has 1 rings (SSSR count). The van der Waals surface area contributed by atoms with Gasteiger partial charge in [0.15, 0.2) is 0 Å². The fourth-order valence-electron chi connectivity index (χ4n) is 0.900. The first kappa shape index (κ1) is 10.6. The summed E-state index contributed by atoms with van der Waals surface area (Å²) in [5.41, 5.74) is -0.876. The molecule has 0 aromatic carbocycles. The summed E-state index contributed by atoms with van der Waals surface area (Å²) >= 11 is 0. The van der Waals surface area contributed by atoms with Gasteiger partial charge in [-0.15, -0.1) is 0 Å². The van der Waals surface area contributed by atoms with Gasteiger partial charge in [0.05, 0.1) is 0 Å². The molecule has 4 nitrogen and oxygen atoms in total. The third kappa shape index (κ3) is 2.04. The van der Waals surface area contributed by atoms with Crippen LogP contribution in [0.1, 0.15) is 5.56 Å². The van der Waals surface area contributed by atoms with Crippen molar-refractivity contribution in [1.82, 2.24) is 9.97 Å². The second kappa shape index (κ2) is 3.69. The fourth-order valence-corrected chi connectivity index (χ4v) is 0.900. The minimum Gasteiger partial charge on any atom is -0.372 e. The minimum absolute atomic E-state index is 0.141. The van der Waals surface area contributed by atoms with Crippen LogP contribution in [0.4, 0.5) is 24.9 Å². The lowest BCUT2D eigenvalue weighted by Crippen LogP contribution is -2.12. The van der Waals surface area contributed by atoms with E-state index in [0.717, 1.165) is 6.20 Å². The number of halogens is 3. The van der Waals surface area contributed by atoms with Gasteiger partial charge in [0.2, 0.25) is 5.95 Å². The van der Waals surface area contributed by atoms with E-state index in [0.29, 0.717) is 0 Å². The summed E-state index contributed by atoms with van der Waals surface area (Å²) in [6.45, 7) is 0. The number of aromatic nitrogens is 2. The lowest BCUT2D eigenvalue weighted by atomic mass is 10.3. The zero-order valence-electron chi connectivity index (χ0n) is 7.61. The predicted molar refractivity (Wildman–Crippen MR) is 46.1 cm³/mol. The van der Waals surface area contributed by atoms with Gasteiger partial charge < -0.3 is 10.6 Å². The Morgan fingerprint density at radius 2 is 1.86 bits per heavy atom. The van der Waals surface area contributed by atoms with Gasteiger partial charge in [0, 0.05) is 20.3 Å². The largest absolute Gasteiger partial charge is 0.421 e. The molecular formula is C7H9F3N4. The molecule has 0 bridgehead atoms. The molecular weight excluding hydrogens is 197 g/mol. The Labute approximate surface area is 78.6 Å². The molecule has 7 heteroatoms. The van der Waals surface area contributed by atoms with Crippen LogP contribution in [0.15, 0.2) is 6.20 Å². The number of hydrogen-bond donors (Lipinski definition) is 2. The Morgan fingerprint density at radius 3 is 2.29 bits per heavy atom. The first-order chi connectivity index (χ1) is 6.49. The second-order valence-corrected chi connectivity index (χ2v) is 2.45. The average molecular weight is 206 g/mol. The highest BCUT2D eigenvalue weighted by Gasteiger charge is 2.34. The highest BCUT2D eigenvalue weighted by atomic mass is 19.4. The standard InChI is InChI=1S/C7H9F3N4/c1-11-5-4(7(8,9)10)3-13-6(12-2)14-5/h3H,1-2H3,(H2,11,12,13,14). The van der Waals surface area contributed by atoms with Crippen LogP contribution < -0.4 is 10.6 Å². The first-order valence-corrected chi connectivity index (χ1v) is 3.78. The molecule has 0 atom stereocenters. The minimum atomic E-state index is -4.44. The van der Waals surface area contributed by atoms with Gasteiger partial charge in [-0.3, -0.25) is 0 Å². The third-order valence-electron chi connectivity index (χ3n) is 1.55. The number of hydrogen-bond acceptors (Lipinski definition) is 4. The number of alkyl halides is 3. The Bertz CT molecular complexity index is 323. The molecule has 78 valence electrons. The summed E-state index contributed by atoms with van der Waals surface area (Å²) in [4.78, 5) is 7.11. The van der Waals surface area contributed by atoms with Crippen LogP contribution in [0.2, 0.25) is 0 Å². The van der Waals surface area contributed by atoms with Crippen LogP contribution in [0.25, 0.3) is 0 Å². The molecule has 0 radical (unpaired) electrons. The normalized spacial score (nSPS) is 11.2. The lowest BCUT2D eigenvalue weighted by molar-refractivity contribution is -0.137. The molecule has 2 N–H and O–H groups in total. The summed E-state index contributed by atoms with van der Waals surface area (Å²) < 4.78 is 37.0. The van der Waals surface area contributed by atoms with Gasteiger partial charge in [-0.25, -0.2) is 4.98 Å². The molecule has 0 spiro atoms. The molecule has 0 amide bonds. The molecule has 1 heterocycles. The molecule has 1 aromatic rings. The Morgan fingerprint density at radius 1 is 1.21 bits per heavy atom. The summed E-state index contributed by atoms with van der Waals surface area (Å²) in [6, 6.07) is 0. The zero-order chi connectivity index (χ0) is 10.8. The van der Waals surface area contributed by atoms with E-state index in [1.807, 2.05) is 0 Å². The van der Waals surface area contributed by atoms with E-state index in [2.05, 4.69) is 20.6 Å². The quantitative estimate of drug-likeness (QED) is 0.771. The van der Waals surface area contributed by atoms with Crippen LogP contribution in [0, 0.1) is 0 Å². The number of nitrogens with one attached hydrogen (secondary N) is 2. The Hall–Kier alpha value is -1.53. The first-order valence-electron chi connectivity index (χ1n) is 3.78. The van der Waals surface area contributed by atoms with Crippen LogP contribution in [0.5, 0.6) is 0 Å². The lowest BCUT2D eigenvalue weighted by Gasteiger charge is -2.11. The molecule has 0 fully saturated rings. The van der Waals surface area contributed by atoms with Crippen molar-refractivity contribution in [1.29, 1.82) is 0 Å². The molecule has 0 unspecified atom stereocenters. The molecule has 14 heavy (non-hydrogen) atoms. The number of nitrogens with zero attached hydrogens (tertiary/aromatic N) is 2. The number of anilines is 2. The summed E-state index contributed by atoms with van der Waals surface area (Å²) in [5.74, 6) is -0.0980. The molecule has 1 aromatic heterocycles. The highest BCUT2D eigenvalue weighted by Crippen LogP contribution is 2.33. The van der Waals surface area contributed by atoms with Crippen molar-refractivity contribution in [3.8, 4) is 0 Å². The van der Waals surface area contributed by atoms with Crippen molar-refractivity contribution in [3.63, 3.8) is 0 Å². The van der Waals surface area contributed by atoms with E-state index in [1.54, 1.807) is 0 Å². The van der Waals surface area contributed by atoms with Crippen LogP contribution >= 0.6 is 0 Å². The fraction of sp³-hybridized carbons (Fsp3) is 0.429. The van der Waals surface area contributed by atoms with Gasteiger partial charge in [-0.05, 0) is 0 Å². The van der Waals surface area contributed by atoms with Crippen LogP contribution in [-0.4, -0.2) is 24.1 Å². The van der Waals surface area contributed by atoms with Gasteiger partial charge in [0.25, 0.3) is 0 Å². The maximum Gasteiger partial charge on any atom is 0.421 e. The van der Waals surface area contributed by atoms with Gasteiger partial charge in [-0.2, -0.15) is 18.2 Å². The summed E-state index contributed by atoms with van der Waals surface area (Å²) in [7, 11) is 2.90. The molecule has 0 aliphatic heterocycles. The van der Waals surface area contributed by atoms with E-state index < -0.39 is 11.7 Å². The van der Waals surface area contributed by atoms with Gasteiger partial charge in [-0.1, -0.05) is 0 Å². The van der Waals surface area contributed by atoms with Gasteiger partial charge >= 0.3 is 6.18 Å². The van der Waals surface area contributed by atoms with E-state index in [-0.39, 0.29) is 11.8 Å². The van der Waals surface area contributed by atoms with Crippen molar-refractivity contribution >= 4 is 11.8 Å². The Kier molecular flexibility index (Phi) is 2.78. The van der Waals surface area contributed by atoms with E-state index in [4.69, 9.17) is 0 Å². The van der Waals surface area contributed by atoms with Crippen molar-refractivity contribution in [2.24, 2.45) is 0 Å². The number of rotatable bonds is 2. The van der Waals surface area contributed by atoms with Gasteiger partial charge in [0.1, 0.15) is 11.4 Å². The van der Waals surface area contributed by atoms with Crippen LogP contribution in [0.3, 0.4) is 0 Å². The smallest absolute Gasteiger partial charge is 0.372 e. The third-order valence-corrected chi connectivity index (χ3v) is 1.55. The topological polar surface area (TPSA) is 49.8 Å². The van der Waals surface area contributed by atoms with E-state index >= 15 is 0 Å².